The number of rotatable bonds is 3. The van der Waals surface area contributed by atoms with Crippen LogP contribution in [-0.4, -0.2) is 18.2 Å². The van der Waals surface area contributed by atoms with Crippen LogP contribution in [0.4, 0.5) is 0 Å². The Balaban J connectivity index is 2.16. The molecule has 1 N–H and O–H groups in total. The van der Waals surface area contributed by atoms with Crippen molar-refractivity contribution in [2.24, 2.45) is 5.92 Å². The molecule has 3 heteroatoms. The Kier molecular flexibility index (Phi) is 2.47. The Morgan fingerprint density at radius 3 is 2.72 bits per heavy atom. The van der Waals surface area contributed by atoms with Gasteiger partial charge in [-0.15, -0.1) is 0 Å². The van der Waals surface area contributed by atoms with Gasteiger partial charge in [0.25, 0.3) is 0 Å². The van der Waals surface area contributed by atoms with Crippen molar-refractivity contribution in [3.63, 3.8) is 0 Å². The number of methoxy groups -OCH3 is 1. The molecule has 0 saturated heterocycles. The van der Waals surface area contributed by atoms with Crippen LogP contribution in [0.25, 0.3) is 10.8 Å². The van der Waals surface area contributed by atoms with Crippen molar-refractivity contribution in [3.8, 4) is 5.75 Å². The fourth-order valence-corrected chi connectivity index (χ4v) is 2.62. The average Bonchev–Trinajstić information content (AvgIpc) is 3.17. The number of hydrogen-bond donors (Lipinski definition) is 1. The van der Waals surface area contributed by atoms with Crippen LogP contribution in [0.1, 0.15) is 17.9 Å². The second-order valence-electron chi connectivity index (χ2n) is 4.69. The molecule has 0 aromatic heterocycles. The fourth-order valence-electron chi connectivity index (χ4n) is 2.62. The molecule has 1 saturated carbocycles. The highest BCUT2D eigenvalue weighted by molar-refractivity contribution is 5.90. The Hall–Kier alpha value is -2.03. The smallest absolute Gasteiger partial charge is 0.307 e. The van der Waals surface area contributed by atoms with E-state index >= 15 is 0 Å². The molecule has 2 aromatic carbocycles. The van der Waals surface area contributed by atoms with Crippen molar-refractivity contribution in [3.05, 3.63) is 42.0 Å². The lowest BCUT2D eigenvalue weighted by molar-refractivity contribution is -0.138. The summed E-state index contributed by atoms with van der Waals surface area (Å²) in [6.07, 6.45) is 0.708. The van der Waals surface area contributed by atoms with E-state index in [1.807, 2.05) is 36.4 Å². The van der Waals surface area contributed by atoms with Crippen molar-refractivity contribution < 1.29 is 14.6 Å². The summed E-state index contributed by atoms with van der Waals surface area (Å²) in [5.74, 6) is -0.0920. The zero-order valence-electron chi connectivity index (χ0n) is 10.1. The van der Waals surface area contributed by atoms with Gasteiger partial charge in [-0.1, -0.05) is 30.3 Å². The van der Waals surface area contributed by atoms with Crippen LogP contribution in [0.3, 0.4) is 0 Å². The maximum Gasteiger partial charge on any atom is 0.307 e. The first-order valence-electron chi connectivity index (χ1n) is 6.01. The molecule has 0 heterocycles. The third-order valence-corrected chi connectivity index (χ3v) is 3.63. The number of carbonyl (C=O) groups is 1. The molecule has 0 amide bonds. The minimum Gasteiger partial charge on any atom is -0.496 e. The third kappa shape index (κ3) is 1.63. The van der Waals surface area contributed by atoms with Gasteiger partial charge in [-0.05, 0) is 23.3 Å². The lowest BCUT2D eigenvalue weighted by atomic mass is 9.99. The molecule has 1 fully saturated rings. The van der Waals surface area contributed by atoms with Crippen LogP contribution in [0, 0.1) is 5.92 Å². The number of hydrogen-bond acceptors (Lipinski definition) is 2. The number of carboxylic acid groups (broad SMARTS) is 1. The number of benzene rings is 2. The summed E-state index contributed by atoms with van der Waals surface area (Å²) in [7, 11) is 1.63. The Morgan fingerprint density at radius 1 is 1.28 bits per heavy atom. The third-order valence-electron chi connectivity index (χ3n) is 3.63. The van der Waals surface area contributed by atoms with Crippen molar-refractivity contribution >= 4 is 16.7 Å². The summed E-state index contributed by atoms with van der Waals surface area (Å²) in [6, 6.07) is 12.0. The van der Waals surface area contributed by atoms with Crippen molar-refractivity contribution in [2.45, 2.75) is 12.3 Å². The number of aliphatic carboxylic acids is 1. The molecular formula is C15H14O3. The van der Waals surface area contributed by atoms with E-state index in [-0.39, 0.29) is 11.8 Å². The second-order valence-corrected chi connectivity index (χ2v) is 4.69. The van der Waals surface area contributed by atoms with Gasteiger partial charge in [0, 0.05) is 11.5 Å². The van der Waals surface area contributed by atoms with Gasteiger partial charge in [0.1, 0.15) is 5.75 Å². The number of ether oxygens (including phenoxy) is 1. The highest BCUT2D eigenvalue weighted by Gasteiger charge is 2.46. The first-order chi connectivity index (χ1) is 8.72. The Bertz CT molecular complexity index is 618. The summed E-state index contributed by atoms with van der Waals surface area (Å²) in [5.41, 5.74) is 1.04. The second kappa shape index (κ2) is 4.02. The topological polar surface area (TPSA) is 46.5 Å². The molecule has 0 spiro atoms. The quantitative estimate of drug-likeness (QED) is 0.899. The Labute approximate surface area is 105 Å². The van der Waals surface area contributed by atoms with E-state index in [1.54, 1.807) is 7.11 Å². The molecule has 3 nitrogen and oxygen atoms in total. The zero-order valence-corrected chi connectivity index (χ0v) is 10.1. The first kappa shape index (κ1) is 11.1. The minimum atomic E-state index is -0.713. The molecular weight excluding hydrogens is 228 g/mol. The summed E-state index contributed by atoms with van der Waals surface area (Å²) in [6.45, 7) is 0. The normalized spacial score (nSPS) is 21.8. The molecule has 18 heavy (non-hydrogen) atoms. The van der Waals surface area contributed by atoms with Crippen molar-refractivity contribution in [1.82, 2.24) is 0 Å². The SMILES string of the molecule is COc1ccc2ccccc2c1[C@H]1C[C@@H]1C(=O)O. The van der Waals surface area contributed by atoms with Gasteiger partial charge in [-0.3, -0.25) is 4.79 Å². The predicted octanol–water partition coefficient (Wildman–Crippen LogP) is 3.04. The van der Waals surface area contributed by atoms with Crippen LogP contribution in [0.15, 0.2) is 36.4 Å². The van der Waals surface area contributed by atoms with E-state index in [0.717, 1.165) is 22.1 Å². The van der Waals surface area contributed by atoms with E-state index in [0.29, 0.717) is 6.42 Å². The average molecular weight is 242 g/mol. The highest BCUT2D eigenvalue weighted by Crippen LogP contribution is 2.52. The van der Waals surface area contributed by atoms with Gasteiger partial charge in [0.2, 0.25) is 0 Å². The summed E-state index contributed by atoms with van der Waals surface area (Å²) in [5, 5.41) is 11.3. The summed E-state index contributed by atoms with van der Waals surface area (Å²) < 4.78 is 5.39. The van der Waals surface area contributed by atoms with E-state index in [9.17, 15) is 4.79 Å². The maximum atomic E-state index is 11.0. The van der Waals surface area contributed by atoms with Crippen LogP contribution in [0.5, 0.6) is 5.75 Å². The van der Waals surface area contributed by atoms with Gasteiger partial charge in [-0.25, -0.2) is 0 Å². The number of carboxylic acids is 1. The molecule has 1 aliphatic carbocycles. The van der Waals surface area contributed by atoms with Crippen LogP contribution in [0.2, 0.25) is 0 Å². The van der Waals surface area contributed by atoms with E-state index in [1.165, 1.54) is 0 Å². The molecule has 1 aliphatic rings. The number of fused-ring (bicyclic) bond motifs is 1. The molecule has 2 atom stereocenters. The van der Waals surface area contributed by atoms with Crippen LogP contribution < -0.4 is 4.74 Å². The van der Waals surface area contributed by atoms with Gasteiger partial charge in [-0.2, -0.15) is 0 Å². The first-order valence-corrected chi connectivity index (χ1v) is 6.01. The monoisotopic (exact) mass is 242 g/mol. The van der Waals surface area contributed by atoms with Crippen molar-refractivity contribution in [2.75, 3.05) is 7.11 Å². The van der Waals surface area contributed by atoms with E-state index in [4.69, 9.17) is 9.84 Å². The molecule has 0 aliphatic heterocycles. The summed E-state index contributed by atoms with van der Waals surface area (Å²) in [4.78, 5) is 11.0. The van der Waals surface area contributed by atoms with Gasteiger partial charge < -0.3 is 9.84 Å². The lowest BCUT2D eigenvalue weighted by Gasteiger charge is -2.11. The lowest BCUT2D eigenvalue weighted by Crippen LogP contribution is -2.00. The fraction of sp³-hybridized carbons (Fsp3) is 0.267. The van der Waals surface area contributed by atoms with E-state index < -0.39 is 5.97 Å². The van der Waals surface area contributed by atoms with Gasteiger partial charge in [0.15, 0.2) is 0 Å². The largest absolute Gasteiger partial charge is 0.496 e. The molecule has 0 bridgehead atoms. The molecule has 92 valence electrons. The van der Waals surface area contributed by atoms with Crippen molar-refractivity contribution in [1.29, 1.82) is 0 Å². The van der Waals surface area contributed by atoms with Gasteiger partial charge in [0.05, 0.1) is 13.0 Å². The van der Waals surface area contributed by atoms with Crippen LogP contribution >= 0.6 is 0 Å². The molecule has 0 radical (unpaired) electrons. The standard InChI is InChI=1S/C15H14O3/c1-18-13-7-6-9-4-2-3-5-10(9)14(13)11-8-12(11)15(16)17/h2-7,11-12H,8H2,1H3,(H,16,17)/t11-,12-/m0/s1. The van der Waals surface area contributed by atoms with Gasteiger partial charge >= 0.3 is 5.97 Å². The summed E-state index contributed by atoms with van der Waals surface area (Å²) >= 11 is 0. The maximum absolute atomic E-state index is 11.0. The molecule has 0 unspecified atom stereocenters. The Morgan fingerprint density at radius 2 is 2.06 bits per heavy atom. The van der Waals surface area contributed by atoms with Crippen LogP contribution in [-0.2, 0) is 4.79 Å². The zero-order chi connectivity index (χ0) is 12.7. The predicted molar refractivity (Wildman–Crippen MR) is 69.0 cm³/mol. The molecule has 2 aromatic rings. The minimum absolute atomic E-state index is 0.0866. The molecule has 3 rings (SSSR count). The van der Waals surface area contributed by atoms with E-state index in [2.05, 4.69) is 0 Å². The highest BCUT2D eigenvalue weighted by atomic mass is 16.5.